The largest absolute Gasteiger partial charge is 0.448 e. The summed E-state index contributed by atoms with van der Waals surface area (Å²) in [5.41, 5.74) is 5.81. The number of amides is 1. The summed E-state index contributed by atoms with van der Waals surface area (Å²) in [5, 5.41) is 6.69. The van der Waals surface area contributed by atoms with Gasteiger partial charge in [0.1, 0.15) is 5.84 Å². The molecule has 0 bridgehead atoms. The SMILES string of the molecule is CC/C(=C\N=C(N)C(F)(F)F)C(CNC(=O)C1CCCC2N=C(NC3CCCC3)C=CC21)N1CCOCC1. The van der Waals surface area contributed by atoms with Crippen LogP contribution in [0.1, 0.15) is 58.3 Å². The molecule has 2 saturated carbocycles. The van der Waals surface area contributed by atoms with Gasteiger partial charge in [0.15, 0.2) is 0 Å². The summed E-state index contributed by atoms with van der Waals surface area (Å²) in [6, 6.07) is 0.291. The summed E-state index contributed by atoms with van der Waals surface area (Å²) < 4.78 is 44.1. The van der Waals surface area contributed by atoms with Gasteiger partial charge in [0, 0.05) is 43.7 Å². The molecule has 1 amide bonds. The average Bonchev–Trinajstić information content (AvgIpc) is 3.42. The maximum Gasteiger partial charge on any atom is 0.448 e. The molecule has 4 rings (SSSR count). The molecular weight excluding hydrogens is 497 g/mol. The summed E-state index contributed by atoms with van der Waals surface area (Å²) in [6.45, 7) is 4.46. The normalized spacial score (nSPS) is 28.5. The molecule has 4 atom stereocenters. The number of rotatable bonds is 8. The monoisotopic (exact) mass is 538 g/mol. The highest BCUT2D eigenvalue weighted by molar-refractivity contribution is 5.94. The minimum absolute atomic E-state index is 0.0289. The lowest BCUT2D eigenvalue weighted by molar-refractivity contribution is -0.127. The Kier molecular flexibility index (Phi) is 9.86. The third kappa shape index (κ3) is 7.37. The van der Waals surface area contributed by atoms with Crippen molar-refractivity contribution in [1.29, 1.82) is 0 Å². The van der Waals surface area contributed by atoms with Crippen molar-refractivity contribution in [3.63, 3.8) is 0 Å². The molecule has 3 fully saturated rings. The highest BCUT2D eigenvalue weighted by Crippen LogP contribution is 2.35. The van der Waals surface area contributed by atoms with Gasteiger partial charge in [-0.2, -0.15) is 13.2 Å². The molecule has 1 saturated heterocycles. The first kappa shape index (κ1) is 28.6. The number of dihydropyridines is 1. The minimum Gasteiger partial charge on any atom is -0.380 e. The van der Waals surface area contributed by atoms with Crippen LogP contribution < -0.4 is 16.4 Å². The number of ether oxygens (including phenoxy) is 1. The van der Waals surface area contributed by atoms with Crippen LogP contribution in [0.5, 0.6) is 0 Å². The number of morpholine rings is 1. The fourth-order valence-electron chi connectivity index (χ4n) is 6.06. The van der Waals surface area contributed by atoms with Crippen LogP contribution in [0.15, 0.2) is 33.9 Å². The van der Waals surface area contributed by atoms with E-state index < -0.39 is 12.0 Å². The van der Waals surface area contributed by atoms with Crippen molar-refractivity contribution in [2.24, 2.45) is 27.6 Å². The number of hydrogen-bond acceptors (Lipinski definition) is 6. The molecule has 2 aliphatic heterocycles. The predicted octanol–water partition coefficient (Wildman–Crippen LogP) is 3.30. The first-order chi connectivity index (χ1) is 18.3. The minimum atomic E-state index is -4.68. The van der Waals surface area contributed by atoms with E-state index in [1.54, 1.807) is 0 Å². The zero-order valence-electron chi connectivity index (χ0n) is 22.2. The van der Waals surface area contributed by atoms with Gasteiger partial charge in [0.25, 0.3) is 0 Å². The molecule has 8 nitrogen and oxygen atoms in total. The molecule has 4 N–H and O–H groups in total. The van der Waals surface area contributed by atoms with E-state index >= 15 is 0 Å². The predicted molar refractivity (Wildman–Crippen MR) is 142 cm³/mol. The van der Waals surface area contributed by atoms with Gasteiger partial charge in [0.2, 0.25) is 11.7 Å². The van der Waals surface area contributed by atoms with Gasteiger partial charge in [0.05, 0.1) is 25.3 Å². The summed E-state index contributed by atoms with van der Waals surface area (Å²) >= 11 is 0. The second kappa shape index (κ2) is 13.1. The third-order valence-corrected chi connectivity index (χ3v) is 8.20. The van der Waals surface area contributed by atoms with Crippen molar-refractivity contribution in [2.45, 2.75) is 82.6 Å². The smallest absolute Gasteiger partial charge is 0.380 e. The Labute approximate surface area is 223 Å². The van der Waals surface area contributed by atoms with Crippen molar-refractivity contribution in [1.82, 2.24) is 15.5 Å². The highest BCUT2D eigenvalue weighted by Gasteiger charge is 2.38. The van der Waals surface area contributed by atoms with Crippen LogP contribution in [-0.2, 0) is 9.53 Å². The first-order valence-electron chi connectivity index (χ1n) is 14.0. The van der Waals surface area contributed by atoms with Crippen LogP contribution in [0.3, 0.4) is 0 Å². The highest BCUT2D eigenvalue weighted by atomic mass is 19.4. The van der Waals surface area contributed by atoms with E-state index in [0.29, 0.717) is 44.3 Å². The van der Waals surface area contributed by atoms with Crippen LogP contribution in [-0.4, -0.2) is 79.6 Å². The van der Waals surface area contributed by atoms with Gasteiger partial charge in [-0.25, -0.2) is 4.99 Å². The Morgan fingerprint density at radius 3 is 2.66 bits per heavy atom. The molecule has 0 radical (unpaired) electrons. The van der Waals surface area contributed by atoms with Gasteiger partial charge in [-0.1, -0.05) is 32.3 Å². The first-order valence-corrected chi connectivity index (χ1v) is 14.0. The number of hydrogen-bond donors (Lipinski definition) is 3. The fourth-order valence-corrected chi connectivity index (χ4v) is 6.06. The number of amidine groups is 2. The van der Waals surface area contributed by atoms with Gasteiger partial charge in [-0.05, 0) is 43.8 Å². The summed E-state index contributed by atoms with van der Waals surface area (Å²) in [4.78, 5) is 24.0. The number of fused-ring (bicyclic) bond motifs is 1. The number of carbonyl (C=O) groups excluding carboxylic acids is 1. The lowest BCUT2D eigenvalue weighted by atomic mass is 9.74. The van der Waals surface area contributed by atoms with Crippen LogP contribution in [0.4, 0.5) is 13.2 Å². The van der Waals surface area contributed by atoms with E-state index in [0.717, 1.165) is 25.1 Å². The zero-order chi connectivity index (χ0) is 27.1. The zero-order valence-corrected chi connectivity index (χ0v) is 22.2. The molecule has 2 aliphatic carbocycles. The van der Waals surface area contributed by atoms with E-state index in [2.05, 4.69) is 26.6 Å². The standard InChI is InChI=1S/C27H41F3N6O2/c1-2-18(16-33-26(31)27(28,29)30)23(36-12-14-38-15-13-36)17-32-25(37)21-8-5-9-22-20(21)10-11-24(35-22)34-19-6-3-4-7-19/h10-11,16,19-23H,2-9,12-15,17H2,1H3,(H2,31,33)(H,32,37)(H,34,35)/b18-16+. The van der Waals surface area contributed by atoms with E-state index in [1.807, 2.05) is 13.0 Å². The molecule has 11 heteroatoms. The number of nitrogens with one attached hydrogen (secondary N) is 2. The van der Waals surface area contributed by atoms with Crippen LogP contribution in [0.25, 0.3) is 0 Å². The van der Waals surface area contributed by atoms with Gasteiger partial charge in [-0.3, -0.25) is 14.7 Å². The van der Waals surface area contributed by atoms with Crippen molar-refractivity contribution < 1.29 is 22.7 Å². The van der Waals surface area contributed by atoms with Crippen molar-refractivity contribution in [3.8, 4) is 0 Å². The molecule has 2 heterocycles. The number of carbonyl (C=O) groups is 1. The van der Waals surface area contributed by atoms with Crippen LogP contribution in [0.2, 0.25) is 0 Å². The summed E-state index contributed by atoms with van der Waals surface area (Å²) in [5.74, 6) is -0.605. The molecule has 4 unspecified atom stereocenters. The topological polar surface area (TPSA) is 104 Å². The van der Waals surface area contributed by atoms with Gasteiger partial charge < -0.3 is 21.1 Å². The second-order valence-electron chi connectivity index (χ2n) is 10.7. The molecule has 38 heavy (non-hydrogen) atoms. The molecule has 0 aromatic rings. The molecule has 4 aliphatic rings. The third-order valence-electron chi connectivity index (χ3n) is 8.20. The van der Waals surface area contributed by atoms with Gasteiger partial charge >= 0.3 is 6.18 Å². The number of aliphatic imine (C=N–C) groups is 2. The number of nitrogens with two attached hydrogens (primary N) is 1. The Bertz CT molecular complexity index is 936. The lowest BCUT2D eigenvalue weighted by Crippen LogP contribution is -2.51. The van der Waals surface area contributed by atoms with E-state index in [1.165, 1.54) is 31.9 Å². The van der Waals surface area contributed by atoms with Crippen molar-refractivity contribution in [2.75, 3.05) is 32.8 Å². The Balaban J connectivity index is 1.42. The average molecular weight is 539 g/mol. The second-order valence-corrected chi connectivity index (χ2v) is 10.7. The van der Waals surface area contributed by atoms with E-state index in [4.69, 9.17) is 15.5 Å². The number of alkyl halides is 3. The lowest BCUT2D eigenvalue weighted by Gasteiger charge is -2.38. The van der Waals surface area contributed by atoms with Crippen molar-refractivity contribution >= 4 is 17.6 Å². The summed E-state index contributed by atoms with van der Waals surface area (Å²) in [6.07, 6.45) is 8.75. The Morgan fingerprint density at radius 2 is 1.97 bits per heavy atom. The fraction of sp³-hybridized carbons (Fsp3) is 0.741. The van der Waals surface area contributed by atoms with E-state index in [-0.39, 0.29) is 36.4 Å². The van der Waals surface area contributed by atoms with Crippen LogP contribution >= 0.6 is 0 Å². The molecule has 0 aromatic carbocycles. The van der Waals surface area contributed by atoms with Crippen molar-refractivity contribution in [3.05, 3.63) is 23.9 Å². The van der Waals surface area contributed by atoms with Crippen LogP contribution in [0, 0.1) is 11.8 Å². The molecule has 0 spiro atoms. The quantitative estimate of drug-likeness (QED) is 0.325. The number of nitrogens with zero attached hydrogens (tertiary/aromatic N) is 3. The Hall–Kier alpha value is -2.40. The maximum absolute atomic E-state index is 13.4. The summed E-state index contributed by atoms with van der Waals surface area (Å²) in [7, 11) is 0. The molecular formula is C27H41F3N6O2. The Morgan fingerprint density at radius 1 is 1.24 bits per heavy atom. The maximum atomic E-state index is 13.4. The molecule has 212 valence electrons. The van der Waals surface area contributed by atoms with E-state index in [9.17, 15) is 18.0 Å². The van der Waals surface area contributed by atoms with Gasteiger partial charge in [-0.15, -0.1) is 0 Å². The number of halogens is 3. The molecule has 0 aromatic heterocycles.